The van der Waals surface area contributed by atoms with Crippen LogP contribution in [0.2, 0.25) is 0 Å². The van der Waals surface area contributed by atoms with E-state index < -0.39 is 0 Å². The number of hydrogen-bond acceptors (Lipinski definition) is 2. The number of rotatable bonds is 1. The maximum absolute atomic E-state index is 12.8. The molecule has 0 aromatic heterocycles. The lowest BCUT2D eigenvalue weighted by Gasteiger charge is -2.24. The molecule has 0 spiro atoms. The molecule has 2 heteroatoms. The molecule has 0 saturated carbocycles. The molecule has 1 heterocycles. The third-order valence-electron chi connectivity index (χ3n) is 4.89. The van der Waals surface area contributed by atoms with Gasteiger partial charge in [0.25, 0.3) is 0 Å². The fraction of sp³-hybridized carbons (Fsp3) is 0. The maximum Gasteiger partial charge on any atom is 0.190 e. The third kappa shape index (κ3) is 2.63. The third-order valence-corrected chi connectivity index (χ3v) is 4.89. The Hall–Kier alpha value is -3.65. The van der Waals surface area contributed by atoms with Crippen LogP contribution >= 0.6 is 0 Å². The fourth-order valence-electron chi connectivity index (χ4n) is 3.62. The zero-order valence-electron chi connectivity index (χ0n) is 14.6. The number of hydrogen-bond donors (Lipinski definition) is 0. The van der Waals surface area contributed by atoms with E-state index in [-0.39, 0.29) is 5.78 Å². The lowest BCUT2D eigenvalue weighted by molar-refractivity contribution is -0.109. The van der Waals surface area contributed by atoms with E-state index in [1.54, 1.807) is 6.08 Å². The Balaban J connectivity index is 1.78. The van der Waals surface area contributed by atoms with Crippen molar-refractivity contribution in [1.82, 2.24) is 0 Å². The highest BCUT2D eigenvalue weighted by atomic mass is 16.5. The summed E-state index contributed by atoms with van der Waals surface area (Å²) in [6.45, 7) is 0. The summed E-state index contributed by atoms with van der Waals surface area (Å²) in [7, 11) is 0. The van der Waals surface area contributed by atoms with Gasteiger partial charge < -0.3 is 4.74 Å². The van der Waals surface area contributed by atoms with Crippen LogP contribution in [0.15, 0.2) is 96.8 Å². The van der Waals surface area contributed by atoms with Gasteiger partial charge in [0, 0.05) is 5.56 Å². The van der Waals surface area contributed by atoms with Crippen molar-refractivity contribution in [2.45, 2.75) is 0 Å². The standard InChI is InChI=1S/C25H16O2/c26-22-15-14-18-10-4-5-11-19(18)25(22)24-16-21(17-8-2-1-3-9-17)20-12-6-7-13-23(20)27-24/h1-16H/b25-24+. The molecule has 0 unspecified atom stereocenters. The van der Waals surface area contributed by atoms with E-state index in [2.05, 4.69) is 12.1 Å². The zero-order valence-corrected chi connectivity index (χ0v) is 14.6. The van der Waals surface area contributed by atoms with Gasteiger partial charge in [0.15, 0.2) is 5.78 Å². The van der Waals surface area contributed by atoms with Crippen LogP contribution in [0.4, 0.5) is 0 Å². The predicted octanol–water partition coefficient (Wildman–Crippen LogP) is 5.52. The SMILES string of the molecule is O=C1C=Cc2ccccc2/C1=C1/C=C(c2ccccc2)c2ccccc2O1. The normalized spacial score (nSPS) is 17.6. The van der Waals surface area contributed by atoms with Gasteiger partial charge in [-0.1, -0.05) is 78.9 Å². The molecular weight excluding hydrogens is 332 g/mol. The number of ketones is 1. The summed E-state index contributed by atoms with van der Waals surface area (Å²) >= 11 is 0. The zero-order chi connectivity index (χ0) is 18.2. The summed E-state index contributed by atoms with van der Waals surface area (Å²) < 4.78 is 6.20. The number of benzene rings is 3. The Morgan fingerprint density at radius 1 is 0.667 bits per heavy atom. The minimum Gasteiger partial charge on any atom is -0.456 e. The smallest absolute Gasteiger partial charge is 0.190 e. The van der Waals surface area contributed by atoms with Gasteiger partial charge >= 0.3 is 0 Å². The highest BCUT2D eigenvalue weighted by Crippen LogP contribution is 2.40. The van der Waals surface area contributed by atoms with Crippen LogP contribution in [0, 0.1) is 0 Å². The van der Waals surface area contributed by atoms with E-state index in [1.807, 2.05) is 78.9 Å². The van der Waals surface area contributed by atoms with Gasteiger partial charge in [-0.15, -0.1) is 0 Å². The van der Waals surface area contributed by atoms with Crippen molar-refractivity contribution in [2.24, 2.45) is 0 Å². The van der Waals surface area contributed by atoms with Crippen molar-refractivity contribution in [3.05, 3.63) is 119 Å². The van der Waals surface area contributed by atoms with Gasteiger partial charge in [-0.2, -0.15) is 0 Å². The average molecular weight is 348 g/mol. The molecule has 0 bridgehead atoms. The second kappa shape index (κ2) is 6.26. The molecule has 27 heavy (non-hydrogen) atoms. The van der Waals surface area contributed by atoms with Crippen LogP contribution in [0.1, 0.15) is 22.3 Å². The monoisotopic (exact) mass is 348 g/mol. The molecule has 0 atom stereocenters. The number of carbonyl (C=O) groups is 1. The van der Waals surface area contributed by atoms with E-state index in [1.165, 1.54) is 0 Å². The van der Waals surface area contributed by atoms with Crippen molar-refractivity contribution in [3.8, 4) is 5.75 Å². The summed E-state index contributed by atoms with van der Waals surface area (Å²) in [4.78, 5) is 12.8. The highest BCUT2D eigenvalue weighted by molar-refractivity contribution is 6.30. The maximum atomic E-state index is 12.8. The van der Waals surface area contributed by atoms with Gasteiger partial charge in [-0.05, 0) is 40.5 Å². The molecule has 2 aliphatic rings. The second-order valence-electron chi connectivity index (χ2n) is 6.55. The molecule has 0 N–H and O–H groups in total. The van der Waals surface area contributed by atoms with Crippen LogP contribution in [-0.2, 0) is 4.79 Å². The van der Waals surface area contributed by atoms with Gasteiger partial charge in [0.05, 0.1) is 5.57 Å². The minimum atomic E-state index is -0.0354. The van der Waals surface area contributed by atoms with Gasteiger partial charge in [0.2, 0.25) is 0 Å². The van der Waals surface area contributed by atoms with Gasteiger partial charge in [0.1, 0.15) is 11.5 Å². The first-order chi connectivity index (χ1) is 13.3. The predicted molar refractivity (Wildman–Crippen MR) is 108 cm³/mol. The van der Waals surface area contributed by atoms with Crippen molar-refractivity contribution < 1.29 is 9.53 Å². The van der Waals surface area contributed by atoms with Crippen LogP contribution in [-0.4, -0.2) is 5.78 Å². The number of carbonyl (C=O) groups excluding carboxylic acids is 1. The van der Waals surface area contributed by atoms with Crippen molar-refractivity contribution in [2.75, 3.05) is 0 Å². The van der Waals surface area contributed by atoms with E-state index in [0.29, 0.717) is 11.3 Å². The van der Waals surface area contributed by atoms with E-state index in [0.717, 1.165) is 33.6 Å². The average Bonchev–Trinajstić information content (AvgIpc) is 2.73. The molecule has 0 saturated heterocycles. The molecule has 0 amide bonds. The summed E-state index contributed by atoms with van der Waals surface area (Å²) in [5, 5.41) is 0. The largest absolute Gasteiger partial charge is 0.456 e. The topological polar surface area (TPSA) is 26.3 Å². The summed E-state index contributed by atoms with van der Waals surface area (Å²) in [6, 6.07) is 26.0. The Kier molecular flexibility index (Phi) is 3.61. The molecular formula is C25H16O2. The van der Waals surface area contributed by atoms with Crippen molar-refractivity contribution in [1.29, 1.82) is 0 Å². The molecule has 0 fully saturated rings. The van der Waals surface area contributed by atoms with Gasteiger partial charge in [-0.3, -0.25) is 4.79 Å². The fourth-order valence-corrected chi connectivity index (χ4v) is 3.62. The number of fused-ring (bicyclic) bond motifs is 2. The number of allylic oxidation sites excluding steroid dienone is 3. The van der Waals surface area contributed by atoms with E-state index in [4.69, 9.17) is 4.74 Å². The molecule has 3 aromatic carbocycles. The minimum absolute atomic E-state index is 0.0354. The Morgan fingerprint density at radius 3 is 2.22 bits per heavy atom. The number of ether oxygens (including phenoxy) is 1. The Morgan fingerprint density at radius 2 is 1.37 bits per heavy atom. The van der Waals surface area contributed by atoms with Crippen molar-refractivity contribution >= 4 is 23.0 Å². The van der Waals surface area contributed by atoms with E-state index in [9.17, 15) is 4.79 Å². The molecule has 3 aromatic rings. The van der Waals surface area contributed by atoms with Crippen molar-refractivity contribution in [3.63, 3.8) is 0 Å². The Labute approximate surface area is 157 Å². The molecule has 128 valence electrons. The first-order valence-corrected chi connectivity index (χ1v) is 8.92. The lowest BCUT2D eigenvalue weighted by Crippen LogP contribution is -2.13. The Bertz CT molecular complexity index is 1150. The molecule has 2 nitrogen and oxygen atoms in total. The molecule has 1 aliphatic heterocycles. The summed E-state index contributed by atoms with van der Waals surface area (Å²) in [5.74, 6) is 1.32. The summed E-state index contributed by atoms with van der Waals surface area (Å²) in [6.07, 6.45) is 5.46. The molecule has 5 rings (SSSR count). The molecule has 1 aliphatic carbocycles. The molecule has 0 radical (unpaired) electrons. The lowest BCUT2D eigenvalue weighted by atomic mass is 9.88. The summed E-state index contributed by atoms with van der Waals surface area (Å²) in [5.41, 5.74) is 5.72. The van der Waals surface area contributed by atoms with Crippen LogP contribution < -0.4 is 4.74 Å². The van der Waals surface area contributed by atoms with Crippen LogP contribution in [0.5, 0.6) is 5.75 Å². The first kappa shape index (κ1) is 15.6. The quantitative estimate of drug-likeness (QED) is 0.541. The first-order valence-electron chi connectivity index (χ1n) is 8.92. The number of para-hydroxylation sites is 1. The highest BCUT2D eigenvalue weighted by Gasteiger charge is 2.26. The van der Waals surface area contributed by atoms with Crippen LogP contribution in [0.3, 0.4) is 0 Å². The van der Waals surface area contributed by atoms with E-state index >= 15 is 0 Å². The van der Waals surface area contributed by atoms with Gasteiger partial charge in [-0.25, -0.2) is 0 Å². The van der Waals surface area contributed by atoms with Crippen LogP contribution in [0.25, 0.3) is 17.2 Å². The second-order valence-corrected chi connectivity index (χ2v) is 6.55.